The quantitative estimate of drug-likeness (QED) is 0.829. The van der Waals surface area contributed by atoms with Gasteiger partial charge >= 0.3 is 0 Å². The Balaban J connectivity index is 2.33. The second-order valence-electron chi connectivity index (χ2n) is 4.66. The second-order valence-corrected chi connectivity index (χ2v) is 4.66. The summed E-state index contributed by atoms with van der Waals surface area (Å²) >= 11 is 0. The Kier molecular flexibility index (Phi) is 4.41. The number of hydrogen-bond donors (Lipinski definition) is 2. The molecule has 2 rings (SSSR count). The highest BCUT2D eigenvalue weighted by Crippen LogP contribution is 2.19. The van der Waals surface area contributed by atoms with Crippen LogP contribution in [-0.2, 0) is 0 Å². The Hall–Kier alpha value is -2.58. The van der Waals surface area contributed by atoms with E-state index in [9.17, 15) is 4.79 Å². The van der Waals surface area contributed by atoms with Gasteiger partial charge in [-0.15, -0.1) is 0 Å². The van der Waals surface area contributed by atoms with Gasteiger partial charge in [0, 0.05) is 5.56 Å². The van der Waals surface area contributed by atoms with Crippen molar-refractivity contribution in [3.8, 4) is 11.8 Å². The summed E-state index contributed by atoms with van der Waals surface area (Å²) in [5, 5.41) is 15.4. The number of aliphatic hydroxyl groups is 1. The van der Waals surface area contributed by atoms with E-state index in [0.29, 0.717) is 28.3 Å². The molecule has 2 aromatic rings. The topological polar surface area (TPSA) is 75.4 Å². The SMILES string of the molecule is Cc1ccc(NC(=O)c2c(C)noc2C)c(C#CCO)c1. The molecule has 21 heavy (non-hydrogen) atoms. The average molecular weight is 284 g/mol. The zero-order valence-electron chi connectivity index (χ0n) is 12.2. The highest BCUT2D eigenvalue weighted by Gasteiger charge is 2.18. The lowest BCUT2D eigenvalue weighted by molar-refractivity contribution is 0.102. The van der Waals surface area contributed by atoms with Gasteiger partial charge in [0.25, 0.3) is 5.91 Å². The largest absolute Gasteiger partial charge is 0.384 e. The summed E-state index contributed by atoms with van der Waals surface area (Å²) in [7, 11) is 0. The molecule has 0 fully saturated rings. The van der Waals surface area contributed by atoms with Crippen LogP contribution in [0, 0.1) is 32.6 Å². The van der Waals surface area contributed by atoms with Gasteiger partial charge in [-0.05, 0) is 38.5 Å². The second kappa shape index (κ2) is 6.25. The molecule has 1 amide bonds. The van der Waals surface area contributed by atoms with E-state index in [1.807, 2.05) is 19.1 Å². The van der Waals surface area contributed by atoms with E-state index >= 15 is 0 Å². The van der Waals surface area contributed by atoms with Crippen molar-refractivity contribution in [1.29, 1.82) is 0 Å². The van der Waals surface area contributed by atoms with Gasteiger partial charge in [0.2, 0.25) is 0 Å². The van der Waals surface area contributed by atoms with Gasteiger partial charge in [-0.3, -0.25) is 4.79 Å². The van der Waals surface area contributed by atoms with E-state index in [2.05, 4.69) is 22.3 Å². The summed E-state index contributed by atoms with van der Waals surface area (Å²) < 4.78 is 5.00. The van der Waals surface area contributed by atoms with Crippen LogP contribution in [0.5, 0.6) is 0 Å². The van der Waals surface area contributed by atoms with Crippen LogP contribution in [0.4, 0.5) is 5.69 Å². The molecule has 0 aliphatic carbocycles. The number of aliphatic hydroxyl groups excluding tert-OH is 1. The smallest absolute Gasteiger partial charge is 0.261 e. The van der Waals surface area contributed by atoms with E-state index in [-0.39, 0.29) is 12.5 Å². The van der Waals surface area contributed by atoms with E-state index in [0.717, 1.165) is 5.56 Å². The lowest BCUT2D eigenvalue weighted by Crippen LogP contribution is -2.14. The fourth-order valence-corrected chi connectivity index (χ4v) is 2.00. The van der Waals surface area contributed by atoms with Crippen molar-refractivity contribution >= 4 is 11.6 Å². The van der Waals surface area contributed by atoms with Crippen LogP contribution < -0.4 is 5.32 Å². The van der Waals surface area contributed by atoms with Gasteiger partial charge in [0.15, 0.2) is 0 Å². The first-order chi connectivity index (χ1) is 10.0. The van der Waals surface area contributed by atoms with Gasteiger partial charge in [-0.25, -0.2) is 0 Å². The third-order valence-corrected chi connectivity index (χ3v) is 2.99. The fourth-order valence-electron chi connectivity index (χ4n) is 2.00. The summed E-state index contributed by atoms with van der Waals surface area (Å²) in [6.07, 6.45) is 0. The Morgan fingerprint density at radius 1 is 1.38 bits per heavy atom. The van der Waals surface area contributed by atoms with Gasteiger partial charge in [-0.1, -0.05) is 23.1 Å². The number of carbonyl (C=O) groups is 1. The van der Waals surface area contributed by atoms with Crippen molar-refractivity contribution < 1.29 is 14.4 Å². The molecule has 0 saturated carbocycles. The number of carbonyl (C=O) groups excluding carboxylic acids is 1. The predicted octanol–water partition coefficient (Wildman–Crippen LogP) is 2.20. The lowest BCUT2D eigenvalue weighted by atomic mass is 10.1. The van der Waals surface area contributed by atoms with Crippen LogP contribution >= 0.6 is 0 Å². The van der Waals surface area contributed by atoms with Crippen LogP contribution in [-0.4, -0.2) is 22.8 Å². The van der Waals surface area contributed by atoms with Crippen molar-refractivity contribution in [2.45, 2.75) is 20.8 Å². The zero-order valence-corrected chi connectivity index (χ0v) is 12.2. The Labute approximate surface area is 123 Å². The molecule has 0 spiro atoms. The maximum atomic E-state index is 12.3. The summed E-state index contributed by atoms with van der Waals surface area (Å²) in [6.45, 7) is 5.11. The van der Waals surface area contributed by atoms with E-state index in [1.165, 1.54) is 0 Å². The maximum absolute atomic E-state index is 12.3. The molecule has 2 N–H and O–H groups in total. The molecule has 0 bridgehead atoms. The fraction of sp³-hybridized carbons (Fsp3) is 0.250. The molecule has 1 aromatic carbocycles. The third-order valence-electron chi connectivity index (χ3n) is 2.99. The average Bonchev–Trinajstić information content (AvgIpc) is 2.78. The molecule has 5 heteroatoms. The first kappa shape index (κ1) is 14.8. The number of nitrogens with zero attached hydrogens (tertiary/aromatic N) is 1. The first-order valence-electron chi connectivity index (χ1n) is 6.47. The normalized spacial score (nSPS) is 9.90. The predicted molar refractivity (Wildman–Crippen MR) is 79.1 cm³/mol. The highest BCUT2D eigenvalue weighted by molar-refractivity contribution is 6.06. The molecule has 0 aliphatic heterocycles. The van der Waals surface area contributed by atoms with E-state index < -0.39 is 0 Å². The molecule has 5 nitrogen and oxygen atoms in total. The number of hydrogen-bond acceptors (Lipinski definition) is 4. The van der Waals surface area contributed by atoms with Crippen LogP contribution in [0.2, 0.25) is 0 Å². The third kappa shape index (κ3) is 3.30. The number of anilines is 1. The Morgan fingerprint density at radius 3 is 2.76 bits per heavy atom. The van der Waals surface area contributed by atoms with Crippen molar-refractivity contribution in [3.05, 3.63) is 46.3 Å². The van der Waals surface area contributed by atoms with Gasteiger partial charge in [0.1, 0.15) is 17.9 Å². The monoisotopic (exact) mass is 284 g/mol. The minimum atomic E-state index is -0.290. The van der Waals surface area contributed by atoms with Crippen molar-refractivity contribution in [2.24, 2.45) is 0 Å². The lowest BCUT2D eigenvalue weighted by Gasteiger charge is -2.08. The summed E-state index contributed by atoms with van der Waals surface area (Å²) in [4.78, 5) is 12.3. The highest BCUT2D eigenvalue weighted by atomic mass is 16.5. The minimum absolute atomic E-state index is 0.231. The molecule has 1 aromatic heterocycles. The number of amides is 1. The number of nitrogens with one attached hydrogen (secondary N) is 1. The molecule has 108 valence electrons. The number of benzene rings is 1. The molecule has 0 radical (unpaired) electrons. The molecule has 0 unspecified atom stereocenters. The van der Waals surface area contributed by atoms with Gasteiger partial charge in [-0.2, -0.15) is 0 Å². The number of rotatable bonds is 2. The summed E-state index contributed by atoms with van der Waals surface area (Å²) in [5.41, 5.74) is 3.24. The Bertz CT molecular complexity index is 716. The molecular formula is C16H16N2O3. The Morgan fingerprint density at radius 2 is 2.14 bits per heavy atom. The zero-order chi connectivity index (χ0) is 15.4. The summed E-state index contributed by atoms with van der Waals surface area (Å²) in [6, 6.07) is 5.52. The standard InChI is InChI=1S/C16H16N2O3/c1-10-6-7-14(13(9-10)5-4-8-19)17-16(20)15-11(2)18-21-12(15)3/h6-7,9,19H,8H2,1-3H3,(H,17,20). The molecule has 0 atom stereocenters. The summed E-state index contributed by atoms with van der Waals surface area (Å²) in [5.74, 6) is 5.60. The van der Waals surface area contributed by atoms with Crippen molar-refractivity contribution in [2.75, 3.05) is 11.9 Å². The minimum Gasteiger partial charge on any atom is -0.384 e. The maximum Gasteiger partial charge on any atom is 0.261 e. The van der Waals surface area contributed by atoms with Crippen LogP contribution in [0.1, 0.15) is 32.9 Å². The van der Waals surface area contributed by atoms with E-state index in [1.54, 1.807) is 19.9 Å². The van der Waals surface area contributed by atoms with Gasteiger partial charge < -0.3 is 14.9 Å². The molecular weight excluding hydrogens is 268 g/mol. The molecule has 1 heterocycles. The van der Waals surface area contributed by atoms with Crippen LogP contribution in [0.25, 0.3) is 0 Å². The first-order valence-corrected chi connectivity index (χ1v) is 6.47. The van der Waals surface area contributed by atoms with Crippen molar-refractivity contribution in [1.82, 2.24) is 5.16 Å². The number of aromatic nitrogens is 1. The molecule has 0 saturated heterocycles. The molecule has 0 aliphatic rings. The van der Waals surface area contributed by atoms with Crippen molar-refractivity contribution in [3.63, 3.8) is 0 Å². The van der Waals surface area contributed by atoms with E-state index in [4.69, 9.17) is 9.63 Å². The van der Waals surface area contributed by atoms with Crippen LogP contribution in [0.15, 0.2) is 22.7 Å². The van der Waals surface area contributed by atoms with Gasteiger partial charge in [0.05, 0.1) is 11.4 Å². The van der Waals surface area contributed by atoms with Crippen LogP contribution in [0.3, 0.4) is 0 Å². The number of aryl methyl sites for hydroxylation is 3.